The summed E-state index contributed by atoms with van der Waals surface area (Å²) in [7, 11) is 0. The van der Waals surface area contributed by atoms with Gasteiger partial charge < -0.3 is 20.7 Å². The molecule has 1 atom stereocenters. The summed E-state index contributed by atoms with van der Waals surface area (Å²) in [5.74, 6) is -0.385. The number of urea groups is 1. The van der Waals surface area contributed by atoms with E-state index in [4.69, 9.17) is 4.74 Å². The molecule has 6 nitrogen and oxygen atoms in total. The zero-order valence-corrected chi connectivity index (χ0v) is 17.9. The molecule has 3 N–H and O–H groups in total. The molecule has 2 aromatic rings. The Morgan fingerprint density at radius 2 is 1.73 bits per heavy atom. The van der Waals surface area contributed by atoms with Crippen molar-refractivity contribution in [3.05, 3.63) is 59.9 Å². The standard InChI is InChI=1S/C23H30FN3O3/c1-16(28)26-18-11-9-17(10-12-18)13-14-25-22(29)27-21(23(2,3)4)15-30-20-8-6-5-7-19(20)24/h5-12,21H,13-15H2,1-4H3,(H,26,28)(H2,25,27,29). The van der Waals surface area contributed by atoms with Crippen LogP contribution in [0, 0.1) is 11.2 Å². The number of hydrogen-bond donors (Lipinski definition) is 3. The van der Waals surface area contributed by atoms with E-state index in [1.165, 1.54) is 13.0 Å². The van der Waals surface area contributed by atoms with Crippen LogP contribution in [0.1, 0.15) is 33.3 Å². The lowest BCUT2D eigenvalue weighted by molar-refractivity contribution is -0.114. The highest BCUT2D eigenvalue weighted by Gasteiger charge is 2.27. The molecule has 7 heteroatoms. The van der Waals surface area contributed by atoms with Crippen molar-refractivity contribution in [2.24, 2.45) is 5.41 Å². The smallest absolute Gasteiger partial charge is 0.315 e. The molecule has 0 aliphatic heterocycles. The average molecular weight is 416 g/mol. The number of benzene rings is 2. The van der Waals surface area contributed by atoms with Crippen molar-refractivity contribution in [1.82, 2.24) is 10.6 Å². The molecule has 0 bridgehead atoms. The molecule has 0 spiro atoms. The van der Waals surface area contributed by atoms with Gasteiger partial charge in [-0.25, -0.2) is 9.18 Å². The lowest BCUT2D eigenvalue weighted by atomic mass is 9.87. The summed E-state index contributed by atoms with van der Waals surface area (Å²) in [6.45, 7) is 8.03. The molecule has 0 saturated carbocycles. The second kappa shape index (κ2) is 10.6. The van der Waals surface area contributed by atoms with E-state index in [2.05, 4.69) is 16.0 Å². The summed E-state index contributed by atoms with van der Waals surface area (Å²) in [6, 6.07) is 13.1. The van der Waals surface area contributed by atoms with E-state index in [0.29, 0.717) is 13.0 Å². The first-order valence-electron chi connectivity index (χ1n) is 9.93. The van der Waals surface area contributed by atoms with Gasteiger partial charge in [0.15, 0.2) is 11.6 Å². The molecule has 3 amide bonds. The predicted molar refractivity (Wildman–Crippen MR) is 116 cm³/mol. The van der Waals surface area contributed by atoms with Crippen LogP contribution in [0.5, 0.6) is 5.75 Å². The van der Waals surface area contributed by atoms with E-state index in [0.717, 1.165) is 11.3 Å². The highest BCUT2D eigenvalue weighted by Crippen LogP contribution is 2.22. The second-order valence-corrected chi connectivity index (χ2v) is 8.19. The highest BCUT2D eigenvalue weighted by atomic mass is 19.1. The molecule has 1 unspecified atom stereocenters. The van der Waals surface area contributed by atoms with Gasteiger partial charge in [-0.05, 0) is 41.7 Å². The van der Waals surface area contributed by atoms with E-state index in [-0.39, 0.29) is 35.8 Å². The van der Waals surface area contributed by atoms with Crippen molar-refractivity contribution in [3.63, 3.8) is 0 Å². The van der Waals surface area contributed by atoms with Crippen molar-refractivity contribution in [1.29, 1.82) is 0 Å². The van der Waals surface area contributed by atoms with Gasteiger partial charge in [0.1, 0.15) is 6.61 Å². The number of halogens is 1. The Balaban J connectivity index is 1.82. The molecule has 2 aromatic carbocycles. The van der Waals surface area contributed by atoms with Crippen LogP contribution >= 0.6 is 0 Å². The molecular weight excluding hydrogens is 385 g/mol. The normalized spacial score (nSPS) is 12.0. The third-order valence-electron chi connectivity index (χ3n) is 4.57. The van der Waals surface area contributed by atoms with Gasteiger partial charge in [0.2, 0.25) is 5.91 Å². The van der Waals surface area contributed by atoms with E-state index >= 15 is 0 Å². The number of anilines is 1. The zero-order chi connectivity index (χ0) is 22.1. The summed E-state index contributed by atoms with van der Waals surface area (Å²) < 4.78 is 19.4. The van der Waals surface area contributed by atoms with Gasteiger partial charge >= 0.3 is 6.03 Å². The predicted octanol–water partition coefficient (Wildman–Crippen LogP) is 4.12. The van der Waals surface area contributed by atoms with Crippen LogP contribution in [-0.4, -0.2) is 31.1 Å². The van der Waals surface area contributed by atoms with Gasteiger partial charge in [-0.1, -0.05) is 45.0 Å². The van der Waals surface area contributed by atoms with E-state index < -0.39 is 5.82 Å². The SMILES string of the molecule is CC(=O)Nc1ccc(CCNC(=O)NC(COc2ccccc2F)C(C)(C)C)cc1. The Morgan fingerprint density at radius 3 is 2.33 bits per heavy atom. The van der Waals surface area contributed by atoms with Crippen LogP contribution in [-0.2, 0) is 11.2 Å². The molecule has 2 rings (SSSR count). The van der Waals surface area contributed by atoms with Crippen LogP contribution in [0.25, 0.3) is 0 Å². The third kappa shape index (κ3) is 7.73. The first-order valence-corrected chi connectivity index (χ1v) is 9.93. The molecule has 0 heterocycles. The number of rotatable bonds is 8. The van der Waals surface area contributed by atoms with E-state index in [1.807, 2.05) is 45.0 Å². The monoisotopic (exact) mass is 415 g/mol. The number of carbonyl (C=O) groups is 2. The zero-order valence-electron chi connectivity index (χ0n) is 17.9. The number of nitrogens with one attached hydrogen (secondary N) is 3. The summed E-state index contributed by atoms with van der Waals surface area (Å²) >= 11 is 0. The van der Waals surface area contributed by atoms with Crippen molar-refractivity contribution in [2.45, 2.75) is 40.2 Å². The molecule has 0 aromatic heterocycles. The summed E-state index contributed by atoms with van der Waals surface area (Å²) in [6.07, 6.45) is 0.652. The number of ether oxygens (including phenoxy) is 1. The molecule has 162 valence electrons. The Labute approximate surface area is 177 Å². The maximum atomic E-state index is 13.8. The van der Waals surface area contributed by atoms with Crippen molar-refractivity contribution >= 4 is 17.6 Å². The number of para-hydroxylation sites is 1. The van der Waals surface area contributed by atoms with Crippen LogP contribution in [0.3, 0.4) is 0 Å². The van der Waals surface area contributed by atoms with Gasteiger partial charge in [-0.3, -0.25) is 4.79 Å². The van der Waals surface area contributed by atoms with Crippen LogP contribution in [0.2, 0.25) is 0 Å². The minimum Gasteiger partial charge on any atom is -0.488 e. The molecule has 0 aliphatic rings. The van der Waals surface area contributed by atoms with Gasteiger partial charge in [-0.2, -0.15) is 0 Å². The van der Waals surface area contributed by atoms with E-state index in [1.54, 1.807) is 18.2 Å². The van der Waals surface area contributed by atoms with Crippen molar-refractivity contribution < 1.29 is 18.7 Å². The third-order valence-corrected chi connectivity index (χ3v) is 4.57. The van der Waals surface area contributed by atoms with Crippen LogP contribution in [0.4, 0.5) is 14.9 Å². The Morgan fingerprint density at radius 1 is 1.07 bits per heavy atom. The van der Waals surface area contributed by atoms with Crippen LogP contribution in [0.15, 0.2) is 48.5 Å². The minimum absolute atomic E-state index is 0.117. The molecule has 0 aliphatic carbocycles. The Hall–Kier alpha value is -3.09. The number of hydrogen-bond acceptors (Lipinski definition) is 3. The average Bonchev–Trinajstić information content (AvgIpc) is 2.66. The van der Waals surface area contributed by atoms with E-state index in [9.17, 15) is 14.0 Å². The van der Waals surface area contributed by atoms with Gasteiger partial charge in [0.05, 0.1) is 6.04 Å². The number of carbonyl (C=O) groups excluding carboxylic acids is 2. The van der Waals surface area contributed by atoms with Crippen molar-refractivity contribution in [3.8, 4) is 5.75 Å². The Kier molecular flexibility index (Phi) is 8.21. The summed E-state index contributed by atoms with van der Waals surface area (Å²) in [5, 5.41) is 8.47. The molecule has 0 fully saturated rings. The molecule has 30 heavy (non-hydrogen) atoms. The minimum atomic E-state index is -0.431. The second-order valence-electron chi connectivity index (χ2n) is 8.19. The summed E-state index contributed by atoms with van der Waals surface area (Å²) in [4.78, 5) is 23.4. The fourth-order valence-electron chi connectivity index (χ4n) is 2.73. The maximum Gasteiger partial charge on any atom is 0.315 e. The summed E-state index contributed by atoms with van der Waals surface area (Å²) in [5.41, 5.74) is 1.50. The fourth-order valence-corrected chi connectivity index (χ4v) is 2.73. The first-order chi connectivity index (χ1) is 14.1. The largest absolute Gasteiger partial charge is 0.488 e. The van der Waals surface area contributed by atoms with Gasteiger partial charge in [-0.15, -0.1) is 0 Å². The maximum absolute atomic E-state index is 13.8. The quantitative estimate of drug-likeness (QED) is 0.607. The molecular formula is C23H30FN3O3. The molecule has 0 radical (unpaired) electrons. The lowest BCUT2D eigenvalue weighted by Crippen LogP contribution is -2.51. The highest BCUT2D eigenvalue weighted by molar-refractivity contribution is 5.88. The first kappa shape index (κ1) is 23.2. The van der Waals surface area contributed by atoms with Crippen LogP contribution < -0.4 is 20.7 Å². The lowest BCUT2D eigenvalue weighted by Gasteiger charge is -2.31. The molecule has 0 saturated heterocycles. The van der Waals surface area contributed by atoms with Crippen molar-refractivity contribution in [2.75, 3.05) is 18.5 Å². The topological polar surface area (TPSA) is 79.5 Å². The Bertz CT molecular complexity index is 848. The number of amides is 3. The van der Waals surface area contributed by atoms with Gasteiger partial charge in [0, 0.05) is 19.2 Å². The van der Waals surface area contributed by atoms with Gasteiger partial charge in [0.25, 0.3) is 0 Å². The fraction of sp³-hybridized carbons (Fsp3) is 0.391.